The predicted octanol–water partition coefficient (Wildman–Crippen LogP) is 1.82. The number of hydrogen-bond acceptors (Lipinski definition) is 11. The Labute approximate surface area is 238 Å². The molecule has 2 N–H and O–H groups in total. The molecule has 6 aliphatic rings. The minimum absolute atomic E-state index is 0.00318. The molecule has 9 atom stereocenters. The normalized spacial score (nSPS) is 48.5. The average molecular weight is 575 g/mol. The summed E-state index contributed by atoms with van der Waals surface area (Å²) >= 11 is 0. The number of Topliss-reactive ketones (excluding diaryl/α,β-unsaturated/α-hetero) is 2. The average Bonchev–Trinajstić information content (AvgIpc) is 3.45. The molecule has 0 aromatic carbocycles. The van der Waals surface area contributed by atoms with Crippen molar-refractivity contribution < 1.29 is 53.1 Å². The number of hydrogen-bond donors (Lipinski definition) is 2. The van der Waals surface area contributed by atoms with Gasteiger partial charge in [-0.3, -0.25) is 14.4 Å². The molecule has 5 fully saturated rings. The fourth-order valence-electron chi connectivity index (χ4n) is 8.67. The molecular formula is C30H38O11. The van der Waals surface area contributed by atoms with Crippen molar-refractivity contribution in [3.63, 3.8) is 0 Å². The second kappa shape index (κ2) is 8.79. The highest BCUT2D eigenvalue weighted by Crippen LogP contribution is 2.66. The van der Waals surface area contributed by atoms with Gasteiger partial charge in [0.25, 0.3) is 0 Å². The number of aliphatic hydroxyl groups is 2. The Morgan fingerprint density at radius 2 is 1.93 bits per heavy atom. The zero-order valence-corrected chi connectivity index (χ0v) is 24.1. The summed E-state index contributed by atoms with van der Waals surface area (Å²) < 4.78 is 29.9. The molecule has 4 saturated heterocycles. The van der Waals surface area contributed by atoms with Crippen LogP contribution in [0.15, 0.2) is 23.5 Å². The zero-order valence-electron chi connectivity index (χ0n) is 24.1. The van der Waals surface area contributed by atoms with Crippen molar-refractivity contribution in [1.82, 2.24) is 0 Å². The van der Waals surface area contributed by atoms with Crippen molar-refractivity contribution in [2.45, 2.75) is 107 Å². The maximum absolute atomic E-state index is 14.3. The molecule has 2 bridgehead atoms. The van der Waals surface area contributed by atoms with E-state index in [-0.39, 0.29) is 57.3 Å². The molecule has 2 spiro atoms. The molecule has 1 saturated carbocycles. The van der Waals surface area contributed by atoms with Crippen molar-refractivity contribution in [1.29, 1.82) is 0 Å². The molecule has 6 rings (SSSR count). The topological polar surface area (TPSA) is 155 Å². The highest BCUT2D eigenvalue weighted by atomic mass is 16.7. The lowest BCUT2D eigenvalue weighted by atomic mass is 9.63. The van der Waals surface area contributed by atoms with Crippen LogP contribution in [0.3, 0.4) is 0 Å². The van der Waals surface area contributed by atoms with Gasteiger partial charge in [-0.25, -0.2) is 4.79 Å². The molecule has 0 aromatic rings. The smallest absolute Gasteiger partial charge is 0.339 e. The molecule has 5 heterocycles. The van der Waals surface area contributed by atoms with E-state index in [9.17, 15) is 29.4 Å². The molecule has 11 nitrogen and oxygen atoms in total. The minimum Gasteiger partial charge on any atom is -0.456 e. The van der Waals surface area contributed by atoms with E-state index in [2.05, 4.69) is 0 Å². The summed E-state index contributed by atoms with van der Waals surface area (Å²) in [5.74, 6) is -4.50. The number of aliphatic hydroxyl groups excluding tert-OH is 1. The van der Waals surface area contributed by atoms with E-state index in [0.717, 1.165) is 0 Å². The van der Waals surface area contributed by atoms with E-state index in [1.54, 1.807) is 39.8 Å². The van der Waals surface area contributed by atoms with E-state index in [4.69, 9.17) is 23.7 Å². The molecular weight excluding hydrogens is 536 g/mol. The SMILES string of the molecule is CO[C@]12C[C@@](C)(C(=O)[C@@H](C)/C=C3/C=C(C)C(=O)O3)CC[C@@]3(C[C@]45OC(=O)C[C@H]4O[C@@](C)(CO)[C@@H]5CC[C@@]3(O)C1=O)O2. The van der Waals surface area contributed by atoms with Crippen LogP contribution in [0, 0.1) is 17.3 Å². The first-order valence-corrected chi connectivity index (χ1v) is 14.3. The van der Waals surface area contributed by atoms with Gasteiger partial charge < -0.3 is 33.9 Å². The first kappa shape index (κ1) is 28.7. The van der Waals surface area contributed by atoms with Crippen molar-refractivity contribution in [3.05, 3.63) is 23.5 Å². The monoisotopic (exact) mass is 574 g/mol. The van der Waals surface area contributed by atoms with Crippen LogP contribution in [0.5, 0.6) is 0 Å². The molecule has 0 aromatic heterocycles. The Morgan fingerprint density at radius 3 is 2.56 bits per heavy atom. The third-order valence-electron chi connectivity index (χ3n) is 10.8. The van der Waals surface area contributed by atoms with Crippen LogP contribution in [0.25, 0.3) is 0 Å². The van der Waals surface area contributed by atoms with Gasteiger partial charge in [-0.15, -0.1) is 0 Å². The van der Waals surface area contributed by atoms with Gasteiger partial charge in [0.15, 0.2) is 5.60 Å². The zero-order chi connectivity index (χ0) is 29.8. The maximum Gasteiger partial charge on any atom is 0.339 e. The Morgan fingerprint density at radius 1 is 1.20 bits per heavy atom. The summed E-state index contributed by atoms with van der Waals surface area (Å²) in [4.78, 5) is 52.7. The van der Waals surface area contributed by atoms with Gasteiger partial charge in [-0.05, 0) is 51.7 Å². The lowest BCUT2D eigenvalue weighted by Gasteiger charge is -2.43. The van der Waals surface area contributed by atoms with E-state index < -0.39 is 69.3 Å². The lowest BCUT2D eigenvalue weighted by Crippen LogP contribution is -2.59. The van der Waals surface area contributed by atoms with Crippen LogP contribution >= 0.6 is 0 Å². The molecule has 0 amide bonds. The highest BCUT2D eigenvalue weighted by molar-refractivity contribution is 5.99. The van der Waals surface area contributed by atoms with E-state index in [0.29, 0.717) is 11.3 Å². The van der Waals surface area contributed by atoms with E-state index in [1.807, 2.05) is 0 Å². The van der Waals surface area contributed by atoms with Crippen LogP contribution in [0.2, 0.25) is 0 Å². The number of carbonyl (C=O) groups excluding carboxylic acids is 4. The number of cyclic esters (lactones) is 1. The molecule has 224 valence electrons. The number of rotatable bonds is 5. The quantitative estimate of drug-likeness (QED) is 0.462. The van der Waals surface area contributed by atoms with Gasteiger partial charge in [0, 0.05) is 42.8 Å². The standard InChI is InChI=1S/C30H38O11/c1-16(10-18-11-17(2)23(34)38-18)22(33)25(3)8-9-27-14-28-19(26(4,15-31)39-20(28)12-21(32)40-28)6-7-29(27,36)24(35)30(13-25,37-5)41-27/h10-11,16,19-20,31,36H,6-9,12-15H2,1-5H3/b18-10-/t16-,19-,20+,25-,26-,27-,28+,29+,30-/m0/s1. The summed E-state index contributed by atoms with van der Waals surface area (Å²) in [5.41, 5.74) is -6.40. The van der Waals surface area contributed by atoms with Gasteiger partial charge >= 0.3 is 11.9 Å². The molecule has 41 heavy (non-hydrogen) atoms. The second-order valence-electron chi connectivity index (χ2n) is 13.4. The van der Waals surface area contributed by atoms with Crippen LogP contribution < -0.4 is 0 Å². The van der Waals surface area contributed by atoms with Crippen molar-refractivity contribution in [2.24, 2.45) is 17.3 Å². The number of allylic oxidation sites excluding steroid dienone is 2. The van der Waals surface area contributed by atoms with Crippen LogP contribution in [0.1, 0.15) is 72.6 Å². The fraction of sp³-hybridized carbons (Fsp3) is 0.733. The first-order chi connectivity index (χ1) is 19.1. The summed E-state index contributed by atoms with van der Waals surface area (Å²) in [6.07, 6.45) is 2.95. The van der Waals surface area contributed by atoms with Crippen LogP contribution in [-0.4, -0.2) is 81.7 Å². The lowest BCUT2D eigenvalue weighted by molar-refractivity contribution is -0.255. The van der Waals surface area contributed by atoms with Crippen LogP contribution in [0.4, 0.5) is 0 Å². The molecule has 5 aliphatic heterocycles. The number of esters is 2. The van der Waals surface area contributed by atoms with Gasteiger partial charge in [0.05, 0.1) is 18.6 Å². The Kier molecular flexibility index (Phi) is 6.15. The summed E-state index contributed by atoms with van der Waals surface area (Å²) in [6, 6.07) is 0. The largest absolute Gasteiger partial charge is 0.456 e. The molecule has 0 radical (unpaired) electrons. The summed E-state index contributed by atoms with van der Waals surface area (Å²) in [5, 5.41) is 22.5. The number of carbonyl (C=O) groups is 4. The predicted molar refractivity (Wildman–Crippen MR) is 139 cm³/mol. The third kappa shape index (κ3) is 3.68. The summed E-state index contributed by atoms with van der Waals surface area (Å²) in [7, 11) is 1.33. The van der Waals surface area contributed by atoms with Crippen molar-refractivity contribution >= 4 is 23.5 Å². The number of ether oxygens (including phenoxy) is 5. The number of fused-ring (bicyclic) bond motifs is 1. The van der Waals surface area contributed by atoms with Gasteiger partial charge in [0.2, 0.25) is 11.6 Å². The molecule has 0 unspecified atom stereocenters. The van der Waals surface area contributed by atoms with Crippen LogP contribution in [-0.2, 0) is 42.9 Å². The van der Waals surface area contributed by atoms with Gasteiger partial charge in [-0.2, -0.15) is 0 Å². The highest BCUT2D eigenvalue weighted by Gasteiger charge is 2.80. The Bertz CT molecular complexity index is 1300. The van der Waals surface area contributed by atoms with Gasteiger partial charge in [-0.1, -0.05) is 13.8 Å². The Hall–Kier alpha value is -2.44. The number of methoxy groups -OCH3 is 1. The molecule has 1 aliphatic carbocycles. The first-order valence-electron chi connectivity index (χ1n) is 14.3. The fourth-order valence-corrected chi connectivity index (χ4v) is 8.67. The minimum atomic E-state index is -1.96. The van der Waals surface area contributed by atoms with Gasteiger partial charge in [0.1, 0.15) is 28.8 Å². The molecule has 11 heteroatoms. The Balaban J connectivity index is 1.39. The van der Waals surface area contributed by atoms with E-state index >= 15 is 0 Å². The van der Waals surface area contributed by atoms with Crippen molar-refractivity contribution in [3.8, 4) is 0 Å². The van der Waals surface area contributed by atoms with Crippen molar-refractivity contribution in [2.75, 3.05) is 13.7 Å². The van der Waals surface area contributed by atoms with E-state index in [1.165, 1.54) is 7.11 Å². The second-order valence-corrected chi connectivity index (χ2v) is 13.4. The maximum atomic E-state index is 14.3. The summed E-state index contributed by atoms with van der Waals surface area (Å²) in [6.45, 7) is 6.54. The third-order valence-corrected chi connectivity index (χ3v) is 10.8. The number of ketones is 2.